The summed E-state index contributed by atoms with van der Waals surface area (Å²) in [7, 11) is 0. The highest BCUT2D eigenvalue weighted by molar-refractivity contribution is 5.72. The molecule has 0 radical (unpaired) electrons. The third-order valence-corrected chi connectivity index (χ3v) is 1.23. The molecule has 0 aliphatic carbocycles. The number of carboxylic acid groups (broad SMARTS) is 1. The topological polar surface area (TPSA) is 87.0 Å². The SMILES string of the molecule is CC(C)OC(CO)C(O)C(=O)O. The first kappa shape index (κ1) is 11.4. The number of ether oxygens (including phenoxy) is 1. The van der Waals surface area contributed by atoms with Crippen LogP contribution in [0.3, 0.4) is 0 Å². The predicted octanol–water partition coefficient (Wildman–Crippen LogP) is -0.782. The third-order valence-electron chi connectivity index (χ3n) is 1.23. The summed E-state index contributed by atoms with van der Waals surface area (Å²) in [5, 5.41) is 26.0. The lowest BCUT2D eigenvalue weighted by molar-refractivity contribution is -0.161. The fourth-order valence-electron chi connectivity index (χ4n) is 0.726. The van der Waals surface area contributed by atoms with E-state index in [1.54, 1.807) is 13.8 Å². The van der Waals surface area contributed by atoms with Gasteiger partial charge in [-0.3, -0.25) is 0 Å². The molecule has 0 aromatic rings. The minimum atomic E-state index is -1.67. The summed E-state index contributed by atoms with van der Waals surface area (Å²) in [5.74, 6) is -1.39. The maximum absolute atomic E-state index is 10.2. The van der Waals surface area contributed by atoms with Gasteiger partial charge in [0.05, 0.1) is 12.7 Å². The standard InChI is InChI=1S/C7H14O5/c1-4(2)12-5(3-8)6(9)7(10)11/h4-6,8-9H,3H2,1-2H3,(H,10,11). The lowest BCUT2D eigenvalue weighted by Crippen LogP contribution is -2.39. The molecule has 0 aromatic heterocycles. The van der Waals surface area contributed by atoms with Crippen molar-refractivity contribution in [1.82, 2.24) is 0 Å². The molecule has 12 heavy (non-hydrogen) atoms. The Balaban J connectivity index is 4.05. The molecule has 0 heterocycles. The van der Waals surface area contributed by atoms with Crippen molar-refractivity contribution >= 4 is 5.97 Å². The first-order chi connectivity index (χ1) is 5.49. The summed E-state index contributed by atoms with van der Waals surface area (Å²) in [6, 6.07) is 0. The maximum Gasteiger partial charge on any atom is 0.335 e. The molecule has 0 aromatic carbocycles. The van der Waals surface area contributed by atoms with Crippen LogP contribution in [0.2, 0.25) is 0 Å². The summed E-state index contributed by atoms with van der Waals surface area (Å²) in [5.41, 5.74) is 0. The molecule has 2 atom stereocenters. The van der Waals surface area contributed by atoms with Crippen LogP contribution in [0, 0.1) is 0 Å². The number of aliphatic hydroxyl groups excluding tert-OH is 2. The van der Waals surface area contributed by atoms with Crippen LogP contribution in [0.1, 0.15) is 13.8 Å². The van der Waals surface area contributed by atoms with E-state index < -0.39 is 24.8 Å². The minimum Gasteiger partial charge on any atom is -0.479 e. The summed E-state index contributed by atoms with van der Waals surface area (Å²) < 4.78 is 4.94. The van der Waals surface area contributed by atoms with Gasteiger partial charge in [-0.25, -0.2) is 4.79 Å². The molecular formula is C7H14O5. The lowest BCUT2D eigenvalue weighted by Gasteiger charge is -2.20. The minimum absolute atomic E-state index is 0.226. The zero-order valence-electron chi connectivity index (χ0n) is 7.10. The van der Waals surface area contributed by atoms with Crippen LogP contribution < -0.4 is 0 Å². The van der Waals surface area contributed by atoms with Crippen molar-refractivity contribution in [2.24, 2.45) is 0 Å². The van der Waals surface area contributed by atoms with E-state index in [1.165, 1.54) is 0 Å². The first-order valence-corrected chi connectivity index (χ1v) is 3.66. The first-order valence-electron chi connectivity index (χ1n) is 3.66. The van der Waals surface area contributed by atoms with Crippen molar-refractivity contribution in [2.45, 2.75) is 32.2 Å². The molecule has 0 saturated heterocycles. The van der Waals surface area contributed by atoms with Crippen molar-refractivity contribution in [1.29, 1.82) is 0 Å². The molecule has 5 heteroatoms. The van der Waals surface area contributed by atoms with Gasteiger partial charge in [0.2, 0.25) is 0 Å². The molecule has 0 spiro atoms. The zero-order valence-corrected chi connectivity index (χ0v) is 7.10. The average Bonchev–Trinajstić information content (AvgIpc) is 1.98. The van der Waals surface area contributed by atoms with Crippen molar-refractivity contribution in [3.05, 3.63) is 0 Å². The highest BCUT2D eigenvalue weighted by atomic mass is 16.5. The smallest absolute Gasteiger partial charge is 0.335 e. The number of aliphatic carboxylic acids is 1. The second-order valence-corrected chi connectivity index (χ2v) is 2.69. The van der Waals surface area contributed by atoms with Crippen LogP contribution in [0.5, 0.6) is 0 Å². The summed E-state index contributed by atoms with van der Waals surface area (Å²) in [6.45, 7) is 2.88. The molecule has 0 aliphatic rings. The van der Waals surface area contributed by atoms with E-state index in [0.717, 1.165) is 0 Å². The number of hydrogen-bond acceptors (Lipinski definition) is 4. The molecule has 0 rings (SSSR count). The van der Waals surface area contributed by atoms with E-state index in [1.807, 2.05) is 0 Å². The van der Waals surface area contributed by atoms with Gasteiger partial charge in [-0.15, -0.1) is 0 Å². The summed E-state index contributed by atoms with van der Waals surface area (Å²) in [6.07, 6.45) is -2.95. The van der Waals surface area contributed by atoms with E-state index in [9.17, 15) is 4.79 Å². The molecule has 0 fully saturated rings. The number of hydrogen-bond donors (Lipinski definition) is 3. The lowest BCUT2D eigenvalue weighted by atomic mass is 10.2. The van der Waals surface area contributed by atoms with E-state index in [2.05, 4.69) is 0 Å². The number of carboxylic acids is 1. The summed E-state index contributed by atoms with van der Waals surface area (Å²) in [4.78, 5) is 10.2. The molecule has 0 aliphatic heterocycles. The van der Waals surface area contributed by atoms with Gasteiger partial charge in [-0.1, -0.05) is 0 Å². The van der Waals surface area contributed by atoms with Gasteiger partial charge in [0, 0.05) is 0 Å². The molecule has 0 saturated carbocycles. The Morgan fingerprint density at radius 3 is 2.25 bits per heavy atom. The van der Waals surface area contributed by atoms with Crippen LogP contribution in [0.15, 0.2) is 0 Å². The molecule has 0 bridgehead atoms. The van der Waals surface area contributed by atoms with Crippen molar-refractivity contribution in [3.8, 4) is 0 Å². The molecule has 72 valence electrons. The number of aliphatic hydroxyl groups is 2. The Morgan fingerprint density at radius 1 is 1.50 bits per heavy atom. The van der Waals surface area contributed by atoms with E-state index in [0.29, 0.717) is 0 Å². The van der Waals surface area contributed by atoms with E-state index in [-0.39, 0.29) is 6.10 Å². The van der Waals surface area contributed by atoms with E-state index >= 15 is 0 Å². The van der Waals surface area contributed by atoms with Crippen molar-refractivity contribution < 1.29 is 24.9 Å². The summed E-state index contributed by atoms with van der Waals surface area (Å²) >= 11 is 0. The largest absolute Gasteiger partial charge is 0.479 e. The second-order valence-electron chi connectivity index (χ2n) is 2.69. The molecule has 2 unspecified atom stereocenters. The molecule has 3 N–H and O–H groups in total. The second kappa shape index (κ2) is 5.08. The Morgan fingerprint density at radius 2 is 2.00 bits per heavy atom. The van der Waals surface area contributed by atoms with Gasteiger partial charge < -0.3 is 20.1 Å². The number of rotatable bonds is 5. The highest BCUT2D eigenvalue weighted by Crippen LogP contribution is 2.03. The van der Waals surface area contributed by atoms with Gasteiger partial charge in [-0.05, 0) is 13.8 Å². The van der Waals surface area contributed by atoms with Crippen LogP contribution in [0.25, 0.3) is 0 Å². The Hall–Kier alpha value is -0.650. The van der Waals surface area contributed by atoms with Crippen LogP contribution >= 0.6 is 0 Å². The molecule has 5 nitrogen and oxygen atoms in total. The van der Waals surface area contributed by atoms with E-state index in [4.69, 9.17) is 20.1 Å². The van der Waals surface area contributed by atoms with Crippen LogP contribution in [-0.2, 0) is 9.53 Å². The highest BCUT2D eigenvalue weighted by Gasteiger charge is 2.26. The zero-order chi connectivity index (χ0) is 9.72. The Labute approximate surface area is 70.6 Å². The van der Waals surface area contributed by atoms with Crippen molar-refractivity contribution in [3.63, 3.8) is 0 Å². The fourth-order valence-corrected chi connectivity index (χ4v) is 0.726. The van der Waals surface area contributed by atoms with Crippen molar-refractivity contribution in [2.75, 3.05) is 6.61 Å². The predicted molar refractivity (Wildman–Crippen MR) is 40.7 cm³/mol. The number of carbonyl (C=O) groups is 1. The van der Waals surface area contributed by atoms with Gasteiger partial charge in [0.15, 0.2) is 6.10 Å². The van der Waals surface area contributed by atoms with Gasteiger partial charge in [-0.2, -0.15) is 0 Å². The third kappa shape index (κ3) is 3.66. The van der Waals surface area contributed by atoms with Crippen LogP contribution in [-0.4, -0.2) is 46.2 Å². The van der Waals surface area contributed by atoms with Crippen LogP contribution in [0.4, 0.5) is 0 Å². The normalized spacial score (nSPS) is 16.1. The average molecular weight is 178 g/mol. The molecular weight excluding hydrogens is 164 g/mol. The Bertz CT molecular complexity index is 145. The Kier molecular flexibility index (Phi) is 4.80. The maximum atomic E-state index is 10.2. The van der Waals surface area contributed by atoms with Gasteiger partial charge >= 0.3 is 5.97 Å². The monoisotopic (exact) mass is 178 g/mol. The van der Waals surface area contributed by atoms with Gasteiger partial charge in [0.1, 0.15) is 6.10 Å². The molecule has 0 amide bonds. The van der Waals surface area contributed by atoms with Gasteiger partial charge in [0.25, 0.3) is 0 Å². The quantitative estimate of drug-likeness (QED) is 0.514. The fraction of sp³-hybridized carbons (Fsp3) is 0.857.